The number of nitrogens with zero attached hydrogens (tertiary/aromatic N) is 4. The second-order valence-electron chi connectivity index (χ2n) is 5.10. The first kappa shape index (κ1) is 16.3. The van der Waals surface area contributed by atoms with E-state index in [1.54, 1.807) is 11.6 Å². The van der Waals surface area contributed by atoms with Crippen LogP contribution in [0.25, 0.3) is 11.2 Å². The van der Waals surface area contributed by atoms with Crippen molar-refractivity contribution < 1.29 is 9.53 Å². The molecular weight excluding hydrogens is 308 g/mol. The molecule has 22 heavy (non-hydrogen) atoms. The average Bonchev–Trinajstić information content (AvgIpc) is 2.88. The van der Waals surface area contributed by atoms with Gasteiger partial charge in [-0.3, -0.25) is 18.7 Å². The molecular formula is C13H18N4O4S. The van der Waals surface area contributed by atoms with Gasteiger partial charge in [0.2, 0.25) is 0 Å². The van der Waals surface area contributed by atoms with Crippen LogP contribution in [0.2, 0.25) is 0 Å². The van der Waals surface area contributed by atoms with Gasteiger partial charge in [-0.2, -0.15) is 0 Å². The van der Waals surface area contributed by atoms with Crippen molar-refractivity contribution in [2.24, 2.45) is 14.1 Å². The van der Waals surface area contributed by atoms with Gasteiger partial charge in [0.25, 0.3) is 5.56 Å². The summed E-state index contributed by atoms with van der Waals surface area (Å²) < 4.78 is 8.74. The predicted octanol–water partition coefficient (Wildman–Crippen LogP) is 0.280. The SMILES string of the molecule is COC(=O)CSc1nc2c(c(=O)n(C)c(=O)n2C)n1C(C)C. The van der Waals surface area contributed by atoms with E-state index < -0.39 is 11.2 Å². The van der Waals surface area contributed by atoms with Crippen LogP contribution < -0.4 is 11.2 Å². The van der Waals surface area contributed by atoms with E-state index in [2.05, 4.69) is 9.72 Å². The van der Waals surface area contributed by atoms with Gasteiger partial charge in [-0.1, -0.05) is 11.8 Å². The summed E-state index contributed by atoms with van der Waals surface area (Å²) in [6, 6.07) is -0.0460. The fraction of sp³-hybridized carbons (Fsp3) is 0.538. The Morgan fingerprint density at radius 1 is 1.27 bits per heavy atom. The third-order valence-corrected chi connectivity index (χ3v) is 4.25. The number of thioether (sulfide) groups is 1. The van der Waals surface area contributed by atoms with Gasteiger partial charge in [0.15, 0.2) is 16.3 Å². The lowest BCUT2D eigenvalue weighted by Crippen LogP contribution is -2.37. The molecule has 0 radical (unpaired) electrons. The molecule has 2 aromatic rings. The molecule has 0 aliphatic carbocycles. The van der Waals surface area contributed by atoms with Crippen LogP contribution in [0.4, 0.5) is 0 Å². The second-order valence-corrected chi connectivity index (χ2v) is 6.04. The summed E-state index contributed by atoms with van der Waals surface area (Å²) in [4.78, 5) is 40.1. The highest BCUT2D eigenvalue weighted by atomic mass is 32.2. The molecule has 120 valence electrons. The zero-order valence-electron chi connectivity index (χ0n) is 13.1. The van der Waals surface area contributed by atoms with E-state index in [1.165, 1.54) is 30.5 Å². The van der Waals surface area contributed by atoms with Crippen LogP contribution >= 0.6 is 11.8 Å². The molecule has 0 atom stereocenters. The van der Waals surface area contributed by atoms with Crippen LogP contribution in [-0.4, -0.2) is 37.5 Å². The zero-order chi connectivity index (χ0) is 16.6. The molecule has 9 heteroatoms. The first-order valence-electron chi connectivity index (χ1n) is 6.67. The Bertz CT molecular complexity index is 846. The van der Waals surface area contributed by atoms with E-state index in [0.29, 0.717) is 16.3 Å². The minimum atomic E-state index is -0.435. The third-order valence-electron chi connectivity index (χ3n) is 3.32. The lowest BCUT2D eigenvalue weighted by Gasteiger charge is -2.12. The molecule has 0 aromatic carbocycles. The summed E-state index contributed by atoms with van der Waals surface area (Å²) in [6.45, 7) is 3.82. The fourth-order valence-corrected chi connectivity index (χ4v) is 3.11. The van der Waals surface area contributed by atoms with Crippen molar-refractivity contribution in [3.8, 4) is 0 Å². The van der Waals surface area contributed by atoms with E-state index in [-0.39, 0.29) is 17.8 Å². The second kappa shape index (κ2) is 5.99. The third kappa shape index (κ3) is 2.56. The van der Waals surface area contributed by atoms with Crippen LogP contribution in [0.3, 0.4) is 0 Å². The summed E-state index contributed by atoms with van der Waals surface area (Å²) in [5, 5.41) is 0.508. The molecule has 2 rings (SSSR count). The van der Waals surface area contributed by atoms with Crippen molar-refractivity contribution >= 4 is 28.9 Å². The van der Waals surface area contributed by atoms with E-state index >= 15 is 0 Å². The number of aromatic nitrogens is 4. The number of methoxy groups -OCH3 is 1. The van der Waals surface area contributed by atoms with E-state index in [9.17, 15) is 14.4 Å². The molecule has 0 fully saturated rings. The van der Waals surface area contributed by atoms with Gasteiger partial charge in [-0.25, -0.2) is 9.78 Å². The number of hydrogen-bond acceptors (Lipinski definition) is 6. The maximum atomic E-state index is 12.4. The van der Waals surface area contributed by atoms with Crippen molar-refractivity contribution in [3.63, 3.8) is 0 Å². The number of esters is 1. The highest BCUT2D eigenvalue weighted by Crippen LogP contribution is 2.25. The maximum absolute atomic E-state index is 12.4. The Morgan fingerprint density at radius 2 is 1.91 bits per heavy atom. The molecule has 2 aromatic heterocycles. The number of carbonyl (C=O) groups is 1. The predicted molar refractivity (Wildman–Crippen MR) is 83.3 cm³/mol. The van der Waals surface area contributed by atoms with E-state index in [0.717, 1.165) is 4.57 Å². The zero-order valence-corrected chi connectivity index (χ0v) is 13.9. The van der Waals surface area contributed by atoms with Gasteiger partial charge >= 0.3 is 11.7 Å². The number of aryl methyl sites for hydroxylation is 1. The highest BCUT2D eigenvalue weighted by molar-refractivity contribution is 7.99. The Balaban J connectivity index is 2.73. The van der Waals surface area contributed by atoms with Crippen LogP contribution in [0.5, 0.6) is 0 Å². The number of carbonyl (C=O) groups excluding carboxylic acids is 1. The van der Waals surface area contributed by atoms with Gasteiger partial charge in [0.1, 0.15) is 0 Å². The molecule has 8 nitrogen and oxygen atoms in total. The number of hydrogen-bond donors (Lipinski definition) is 0. The van der Waals surface area contributed by atoms with Gasteiger partial charge < -0.3 is 9.30 Å². The molecule has 0 aliphatic heterocycles. The summed E-state index contributed by atoms with van der Waals surface area (Å²) >= 11 is 1.18. The first-order chi connectivity index (χ1) is 10.3. The van der Waals surface area contributed by atoms with Crippen molar-refractivity contribution in [1.29, 1.82) is 0 Å². The molecule has 0 amide bonds. The van der Waals surface area contributed by atoms with E-state index in [4.69, 9.17) is 0 Å². The molecule has 0 bridgehead atoms. The number of fused-ring (bicyclic) bond motifs is 1. The van der Waals surface area contributed by atoms with Crippen LogP contribution in [0, 0.1) is 0 Å². The van der Waals surface area contributed by atoms with Crippen LogP contribution in [0.1, 0.15) is 19.9 Å². The average molecular weight is 326 g/mol. The summed E-state index contributed by atoms with van der Waals surface area (Å²) in [5.74, 6) is -0.296. The lowest BCUT2D eigenvalue weighted by molar-refractivity contribution is -0.137. The topological polar surface area (TPSA) is 88.1 Å². The van der Waals surface area contributed by atoms with Gasteiger partial charge in [-0.05, 0) is 13.8 Å². The fourth-order valence-electron chi connectivity index (χ4n) is 2.16. The van der Waals surface area contributed by atoms with Gasteiger partial charge in [0.05, 0.1) is 12.9 Å². The largest absolute Gasteiger partial charge is 0.468 e. The standard InChI is InChI=1S/C13H18N4O4S/c1-7(2)17-9-10(14-12(17)22-6-8(18)21-5)15(3)13(20)16(4)11(9)19/h7H,6H2,1-5H3. The number of rotatable bonds is 4. The monoisotopic (exact) mass is 326 g/mol. The highest BCUT2D eigenvalue weighted by Gasteiger charge is 2.21. The normalized spacial score (nSPS) is 11.4. The van der Waals surface area contributed by atoms with Gasteiger partial charge in [-0.15, -0.1) is 0 Å². The van der Waals surface area contributed by atoms with Crippen LogP contribution in [0.15, 0.2) is 14.7 Å². The molecule has 0 aliphatic rings. The minimum absolute atomic E-state index is 0.0460. The molecule has 0 spiro atoms. The molecule has 0 saturated heterocycles. The van der Waals surface area contributed by atoms with Crippen molar-refractivity contribution in [1.82, 2.24) is 18.7 Å². The van der Waals surface area contributed by atoms with E-state index in [1.807, 2.05) is 13.8 Å². The number of ether oxygens (including phenoxy) is 1. The smallest absolute Gasteiger partial charge is 0.332 e. The molecule has 0 unspecified atom stereocenters. The Hall–Kier alpha value is -2.03. The van der Waals surface area contributed by atoms with Crippen molar-refractivity contribution in [2.75, 3.05) is 12.9 Å². The van der Waals surface area contributed by atoms with Gasteiger partial charge in [0, 0.05) is 20.1 Å². The van der Waals surface area contributed by atoms with Crippen LogP contribution in [-0.2, 0) is 23.6 Å². The first-order valence-corrected chi connectivity index (χ1v) is 7.65. The molecule has 0 N–H and O–H groups in total. The quantitative estimate of drug-likeness (QED) is 0.592. The lowest BCUT2D eigenvalue weighted by atomic mass is 10.4. The Kier molecular flexibility index (Phi) is 4.45. The summed E-state index contributed by atoms with van der Waals surface area (Å²) in [7, 11) is 4.31. The summed E-state index contributed by atoms with van der Waals surface area (Å²) in [6.07, 6.45) is 0. The minimum Gasteiger partial charge on any atom is -0.468 e. The summed E-state index contributed by atoms with van der Waals surface area (Å²) in [5.41, 5.74) is -0.166. The van der Waals surface area contributed by atoms with Crippen molar-refractivity contribution in [2.45, 2.75) is 25.0 Å². The maximum Gasteiger partial charge on any atom is 0.332 e. The molecule has 0 saturated carbocycles. The van der Waals surface area contributed by atoms with Crippen molar-refractivity contribution in [3.05, 3.63) is 20.8 Å². The number of imidazole rings is 1. The molecule has 2 heterocycles. The Labute approximate surface area is 130 Å². The Morgan fingerprint density at radius 3 is 2.45 bits per heavy atom.